The van der Waals surface area contributed by atoms with Gasteiger partial charge < -0.3 is 9.47 Å². The predicted octanol–water partition coefficient (Wildman–Crippen LogP) is 3.03. The fraction of sp³-hybridized carbons (Fsp3) is 0.417. The Morgan fingerprint density at radius 1 is 1.38 bits per heavy atom. The van der Waals surface area contributed by atoms with E-state index in [1.807, 2.05) is 6.92 Å². The lowest BCUT2D eigenvalue weighted by Gasteiger charge is -2.11. The highest BCUT2D eigenvalue weighted by Crippen LogP contribution is 2.15. The molecule has 0 amide bonds. The monoisotopic (exact) mass is 286 g/mol. The normalized spacial score (nSPS) is 11.9. The summed E-state index contributed by atoms with van der Waals surface area (Å²) in [7, 11) is 0. The molecule has 0 saturated heterocycles. The van der Waals surface area contributed by atoms with Gasteiger partial charge in [-0.2, -0.15) is 0 Å². The summed E-state index contributed by atoms with van der Waals surface area (Å²) in [4.78, 5) is 11.4. The van der Waals surface area contributed by atoms with Gasteiger partial charge in [0.1, 0.15) is 11.9 Å². The summed E-state index contributed by atoms with van der Waals surface area (Å²) < 4.78 is 10.4. The average Bonchev–Trinajstić information content (AvgIpc) is 2.30. The Balaban J connectivity index is 2.64. The molecule has 88 valence electrons. The highest BCUT2D eigenvalue weighted by molar-refractivity contribution is 9.09. The molecular weight excluding hydrogens is 272 g/mol. The van der Waals surface area contributed by atoms with Crippen molar-refractivity contribution in [1.29, 1.82) is 0 Å². The second kappa shape index (κ2) is 6.53. The molecule has 0 bridgehead atoms. The number of carbonyl (C=O) groups is 1. The van der Waals surface area contributed by atoms with Crippen LogP contribution < -0.4 is 4.74 Å². The van der Waals surface area contributed by atoms with Gasteiger partial charge in [0.25, 0.3) is 0 Å². The van der Waals surface area contributed by atoms with E-state index in [1.165, 1.54) is 0 Å². The molecule has 16 heavy (non-hydrogen) atoms. The Morgan fingerprint density at radius 3 is 2.50 bits per heavy atom. The SMILES string of the molecule is CCOC(=O)c1ccc(OC(C)CBr)cc1. The maximum Gasteiger partial charge on any atom is 0.338 e. The molecule has 0 spiro atoms. The van der Waals surface area contributed by atoms with Gasteiger partial charge in [0, 0.05) is 5.33 Å². The molecule has 0 N–H and O–H groups in total. The Bertz CT molecular complexity index is 335. The Kier molecular flexibility index (Phi) is 5.32. The van der Waals surface area contributed by atoms with Crippen molar-refractivity contribution >= 4 is 21.9 Å². The second-order valence-corrected chi connectivity index (χ2v) is 3.98. The zero-order chi connectivity index (χ0) is 12.0. The van der Waals surface area contributed by atoms with E-state index in [0.717, 1.165) is 11.1 Å². The average molecular weight is 287 g/mol. The van der Waals surface area contributed by atoms with Gasteiger partial charge in [-0.1, -0.05) is 15.9 Å². The predicted molar refractivity (Wildman–Crippen MR) is 66.3 cm³/mol. The molecule has 1 aromatic rings. The van der Waals surface area contributed by atoms with Gasteiger partial charge in [-0.25, -0.2) is 4.79 Å². The minimum atomic E-state index is -0.303. The van der Waals surface area contributed by atoms with E-state index in [2.05, 4.69) is 15.9 Å². The Morgan fingerprint density at radius 2 is 2.00 bits per heavy atom. The number of carbonyl (C=O) groups excluding carboxylic acids is 1. The van der Waals surface area contributed by atoms with Crippen molar-refractivity contribution in [2.24, 2.45) is 0 Å². The van der Waals surface area contributed by atoms with Crippen molar-refractivity contribution in [3.8, 4) is 5.75 Å². The first-order chi connectivity index (χ1) is 7.67. The number of halogens is 1. The lowest BCUT2D eigenvalue weighted by atomic mass is 10.2. The second-order valence-electron chi connectivity index (χ2n) is 3.33. The Hall–Kier alpha value is -1.03. The van der Waals surface area contributed by atoms with Crippen LogP contribution in [0.3, 0.4) is 0 Å². The van der Waals surface area contributed by atoms with Crippen molar-refractivity contribution in [2.45, 2.75) is 20.0 Å². The third-order valence-electron chi connectivity index (χ3n) is 1.92. The molecule has 0 heterocycles. The molecule has 1 aromatic carbocycles. The van der Waals surface area contributed by atoms with Crippen LogP contribution in [0.15, 0.2) is 24.3 Å². The molecule has 4 heteroatoms. The molecule has 0 aromatic heterocycles. The van der Waals surface area contributed by atoms with E-state index in [-0.39, 0.29) is 12.1 Å². The van der Waals surface area contributed by atoms with Crippen LogP contribution >= 0.6 is 15.9 Å². The van der Waals surface area contributed by atoms with Crippen LogP contribution in [0.1, 0.15) is 24.2 Å². The molecule has 0 saturated carbocycles. The first-order valence-electron chi connectivity index (χ1n) is 5.17. The zero-order valence-corrected chi connectivity index (χ0v) is 11.0. The summed E-state index contributed by atoms with van der Waals surface area (Å²) >= 11 is 3.33. The highest BCUT2D eigenvalue weighted by atomic mass is 79.9. The summed E-state index contributed by atoms with van der Waals surface area (Å²) in [5.41, 5.74) is 0.542. The van der Waals surface area contributed by atoms with Crippen molar-refractivity contribution in [3.05, 3.63) is 29.8 Å². The van der Waals surface area contributed by atoms with Gasteiger partial charge in [0.05, 0.1) is 12.2 Å². The maximum absolute atomic E-state index is 11.4. The minimum Gasteiger partial charge on any atom is -0.490 e. The largest absolute Gasteiger partial charge is 0.490 e. The van der Waals surface area contributed by atoms with Gasteiger partial charge in [-0.05, 0) is 38.1 Å². The lowest BCUT2D eigenvalue weighted by Crippen LogP contribution is -2.13. The fourth-order valence-electron chi connectivity index (χ4n) is 1.15. The number of benzene rings is 1. The maximum atomic E-state index is 11.4. The third kappa shape index (κ3) is 3.85. The summed E-state index contributed by atoms with van der Waals surface area (Å²) in [6, 6.07) is 6.94. The van der Waals surface area contributed by atoms with Crippen LogP contribution in [0.5, 0.6) is 5.75 Å². The number of alkyl halides is 1. The molecule has 0 aliphatic heterocycles. The number of esters is 1. The van der Waals surface area contributed by atoms with E-state index in [9.17, 15) is 4.79 Å². The summed E-state index contributed by atoms with van der Waals surface area (Å²) in [6.07, 6.45) is 0.105. The topological polar surface area (TPSA) is 35.5 Å². The molecule has 1 atom stereocenters. The highest BCUT2D eigenvalue weighted by Gasteiger charge is 2.07. The minimum absolute atomic E-state index is 0.105. The standard InChI is InChI=1S/C12H15BrO3/c1-3-15-12(14)10-4-6-11(7-5-10)16-9(2)8-13/h4-7,9H,3,8H2,1-2H3. The van der Waals surface area contributed by atoms with E-state index in [4.69, 9.17) is 9.47 Å². The molecule has 3 nitrogen and oxygen atoms in total. The number of hydrogen-bond acceptors (Lipinski definition) is 3. The van der Waals surface area contributed by atoms with Gasteiger partial charge in [0.15, 0.2) is 0 Å². The van der Waals surface area contributed by atoms with Gasteiger partial charge in [-0.3, -0.25) is 0 Å². The summed E-state index contributed by atoms with van der Waals surface area (Å²) in [6.45, 7) is 4.14. The van der Waals surface area contributed by atoms with Gasteiger partial charge in [0.2, 0.25) is 0 Å². The molecule has 1 rings (SSSR count). The van der Waals surface area contributed by atoms with Crippen LogP contribution in [-0.2, 0) is 4.74 Å². The number of hydrogen-bond donors (Lipinski definition) is 0. The first kappa shape index (κ1) is 13.0. The zero-order valence-electron chi connectivity index (χ0n) is 9.40. The van der Waals surface area contributed by atoms with Crippen LogP contribution in [0.2, 0.25) is 0 Å². The van der Waals surface area contributed by atoms with E-state index < -0.39 is 0 Å². The van der Waals surface area contributed by atoms with Crippen LogP contribution in [0.4, 0.5) is 0 Å². The summed E-state index contributed by atoms with van der Waals surface area (Å²) in [5.74, 6) is 0.447. The number of ether oxygens (including phenoxy) is 2. The smallest absolute Gasteiger partial charge is 0.338 e. The van der Waals surface area contributed by atoms with Gasteiger partial charge >= 0.3 is 5.97 Å². The first-order valence-corrected chi connectivity index (χ1v) is 6.29. The molecular formula is C12H15BrO3. The van der Waals surface area contributed by atoms with Crippen LogP contribution in [0, 0.1) is 0 Å². The number of rotatable bonds is 5. The van der Waals surface area contributed by atoms with Gasteiger partial charge in [-0.15, -0.1) is 0 Å². The van der Waals surface area contributed by atoms with Crippen molar-refractivity contribution in [3.63, 3.8) is 0 Å². The molecule has 0 aliphatic carbocycles. The van der Waals surface area contributed by atoms with E-state index in [1.54, 1.807) is 31.2 Å². The third-order valence-corrected chi connectivity index (χ3v) is 2.83. The molecule has 0 fully saturated rings. The molecule has 0 aliphatic rings. The summed E-state index contributed by atoms with van der Waals surface area (Å²) in [5, 5.41) is 0.770. The van der Waals surface area contributed by atoms with Crippen molar-refractivity contribution < 1.29 is 14.3 Å². The van der Waals surface area contributed by atoms with E-state index >= 15 is 0 Å². The van der Waals surface area contributed by atoms with Crippen LogP contribution in [-0.4, -0.2) is 24.0 Å². The van der Waals surface area contributed by atoms with E-state index in [0.29, 0.717) is 12.2 Å². The quantitative estimate of drug-likeness (QED) is 0.617. The fourth-order valence-corrected chi connectivity index (χ4v) is 1.28. The molecule has 1 unspecified atom stereocenters. The van der Waals surface area contributed by atoms with Crippen LogP contribution in [0.25, 0.3) is 0 Å². The lowest BCUT2D eigenvalue weighted by molar-refractivity contribution is 0.0526. The van der Waals surface area contributed by atoms with Crippen molar-refractivity contribution in [1.82, 2.24) is 0 Å². The molecule has 0 radical (unpaired) electrons. The Labute approximate surface area is 104 Å². The van der Waals surface area contributed by atoms with Crippen molar-refractivity contribution in [2.75, 3.05) is 11.9 Å².